The summed E-state index contributed by atoms with van der Waals surface area (Å²) < 4.78 is 8.27. The van der Waals surface area contributed by atoms with Gasteiger partial charge in [0.25, 0.3) is 11.7 Å². The van der Waals surface area contributed by atoms with Crippen LogP contribution in [0.25, 0.3) is 5.76 Å². The molecule has 0 bridgehead atoms. The molecule has 0 spiro atoms. The molecule has 32 heavy (non-hydrogen) atoms. The molecule has 8 heteroatoms. The van der Waals surface area contributed by atoms with Crippen LogP contribution in [-0.2, 0) is 16.1 Å². The average molecular weight is 496 g/mol. The van der Waals surface area contributed by atoms with Crippen molar-refractivity contribution in [3.05, 3.63) is 88.4 Å². The number of aliphatic hydroxyl groups excluding tert-OH is 1. The number of halogens is 1. The van der Waals surface area contributed by atoms with E-state index in [0.29, 0.717) is 36.4 Å². The van der Waals surface area contributed by atoms with Gasteiger partial charge in [-0.05, 0) is 24.6 Å². The monoisotopic (exact) mass is 495 g/mol. The van der Waals surface area contributed by atoms with Crippen LogP contribution in [0.3, 0.4) is 0 Å². The van der Waals surface area contributed by atoms with Crippen LogP contribution in [0.5, 0.6) is 5.75 Å². The van der Waals surface area contributed by atoms with Gasteiger partial charge in [0, 0.05) is 41.1 Å². The number of hydrogen-bond donors (Lipinski definition) is 1. The number of para-hydroxylation sites is 1. The summed E-state index contributed by atoms with van der Waals surface area (Å²) in [5, 5.41) is 11.1. The summed E-state index contributed by atoms with van der Waals surface area (Å²) in [6.45, 7) is 0.983. The van der Waals surface area contributed by atoms with Gasteiger partial charge in [0.2, 0.25) is 0 Å². The minimum Gasteiger partial charge on any atom is -0.507 e. The van der Waals surface area contributed by atoms with E-state index in [0.717, 1.165) is 4.47 Å². The number of likely N-dealkylation sites (tertiary alicyclic amines) is 1. The Balaban J connectivity index is 1.77. The van der Waals surface area contributed by atoms with Crippen LogP contribution < -0.4 is 4.74 Å². The number of aromatic nitrogens is 2. The van der Waals surface area contributed by atoms with Gasteiger partial charge in [-0.15, -0.1) is 0 Å². The number of carbonyl (C=O) groups excluding carboxylic acids is 2. The Morgan fingerprint density at radius 2 is 1.88 bits per heavy atom. The van der Waals surface area contributed by atoms with E-state index in [-0.39, 0.29) is 11.3 Å². The Morgan fingerprint density at radius 3 is 2.56 bits per heavy atom. The summed E-state index contributed by atoms with van der Waals surface area (Å²) in [7, 11) is 1.54. The van der Waals surface area contributed by atoms with Gasteiger partial charge in [0.05, 0.1) is 25.1 Å². The molecule has 164 valence electrons. The molecular formula is C24H22BrN3O4. The van der Waals surface area contributed by atoms with Gasteiger partial charge in [-0.3, -0.25) is 9.59 Å². The minimum absolute atomic E-state index is 0.0597. The van der Waals surface area contributed by atoms with E-state index in [4.69, 9.17) is 4.74 Å². The average Bonchev–Trinajstić information content (AvgIpc) is 3.41. The summed E-state index contributed by atoms with van der Waals surface area (Å²) in [4.78, 5) is 31.7. The number of aliphatic hydroxyl groups is 1. The van der Waals surface area contributed by atoms with Gasteiger partial charge >= 0.3 is 0 Å². The molecule has 1 saturated heterocycles. The fourth-order valence-electron chi connectivity index (χ4n) is 3.93. The molecule has 1 amide bonds. The maximum atomic E-state index is 13.1. The van der Waals surface area contributed by atoms with E-state index in [1.807, 2.05) is 29.0 Å². The number of Topliss-reactive ketones (excluding diaryl/α,β-unsaturated/α-hetero) is 1. The van der Waals surface area contributed by atoms with Crippen LogP contribution in [-0.4, -0.2) is 44.9 Å². The summed E-state index contributed by atoms with van der Waals surface area (Å²) in [6, 6.07) is 13.4. The van der Waals surface area contributed by atoms with E-state index >= 15 is 0 Å². The standard InChI is InChI=1S/C24H22BrN3O4/c1-32-19-6-3-2-5-18(19)21-20(22(29)16-7-9-17(25)10-8-16)23(30)24(31)28(21)13-4-12-27-14-11-26-15-27/h2-3,5-11,14-15,21,29H,4,12-13H2,1H3/b22-20-. The maximum Gasteiger partial charge on any atom is 0.295 e. The predicted molar refractivity (Wildman–Crippen MR) is 123 cm³/mol. The van der Waals surface area contributed by atoms with Crippen molar-refractivity contribution in [2.45, 2.75) is 19.0 Å². The van der Waals surface area contributed by atoms with Crippen molar-refractivity contribution < 1.29 is 19.4 Å². The molecule has 1 unspecified atom stereocenters. The SMILES string of the molecule is COc1ccccc1C1/C(=C(/O)c2ccc(Br)cc2)C(=O)C(=O)N1CCCn1ccnc1. The second kappa shape index (κ2) is 9.40. The number of benzene rings is 2. The highest BCUT2D eigenvalue weighted by Gasteiger charge is 2.46. The first-order valence-corrected chi connectivity index (χ1v) is 10.9. The largest absolute Gasteiger partial charge is 0.507 e. The van der Waals surface area contributed by atoms with Gasteiger partial charge < -0.3 is 19.3 Å². The Labute approximate surface area is 194 Å². The summed E-state index contributed by atoms with van der Waals surface area (Å²) in [6.07, 6.45) is 5.87. The number of methoxy groups -OCH3 is 1. The molecule has 0 radical (unpaired) electrons. The molecule has 0 saturated carbocycles. The van der Waals surface area contributed by atoms with Crippen LogP contribution in [0, 0.1) is 0 Å². The fourth-order valence-corrected chi connectivity index (χ4v) is 4.20. The molecule has 7 nitrogen and oxygen atoms in total. The van der Waals surface area contributed by atoms with Crippen molar-refractivity contribution >= 4 is 33.4 Å². The molecule has 2 heterocycles. The first-order chi connectivity index (χ1) is 15.5. The molecule has 1 aliphatic heterocycles. The first kappa shape index (κ1) is 21.8. The van der Waals surface area contributed by atoms with Gasteiger partial charge in [-0.25, -0.2) is 4.98 Å². The van der Waals surface area contributed by atoms with E-state index in [1.54, 1.807) is 50.0 Å². The van der Waals surface area contributed by atoms with Crippen molar-refractivity contribution in [1.29, 1.82) is 0 Å². The highest BCUT2D eigenvalue weighted by atomic mass is 79.9. The zero-order valence-electron chi connectivity index (χ0n) is 17.4. The Bertz CT molecular complexity index is 1160. The van der Waals surface area contributed by atoms with Crippen LogP contribution in [0.2, 0.25) is 0 Å². The van der Waals surface area contributed by atoms with Gasteiger partial charge in [-0.1, -0.05) is 46.3 Å². The van der Waals surface area contributed by atoms with Crippen LogP contribution in [0.15, 0.2) is 77.3 Å². The zero-order valence-corrected chi connectivity index (χ0v) is 19.0. The summed E-state index contributed by atoms with van der Waals surface area (Å²) in [5.74, 6) is -1.00. The summed E-state index contributed by atoms with van der Waals surface area (Å²) in [5.41, 5.74) is 1.17. The fraction of sp³-hybridized carbons (Fsp3) is 0.208. The maximum absolute atomic E-state index is 13.1. The molecule has 1 fully saturated rings. The van der Waals surface area contributed by atoms with Gasteiger partial charge in [-0.2, -0.15) is 0 Å². The molecule has 1 aromatic heterocycles. The molecule has 1 aliphatic rings. The topological polar surface area (TPSA) is 84.7 Å². The molecular weight excluding hydrogens is 474 g/mol. The Kier molecular flexibility index (Phi) is 6.41. The number of carbonyl (C=O) groups is 2. The minimum atomic E-state index is -0.752. The van der Waals surface area contributed by atoms with E-state index < -0.39 is 17.7 Å². The van der Waals surface area contributed by atoms with Crippen molar-refractivity contribution in [1.82, 2.24) is 14.5 Å². The van der Waals surface area contributed by atoms with Crippen LogP contribution in [0.1, 0.15) is 23.6 Å². The lowest BCUT2D eigenvalue weighted by molar-refractivity contribution is -0.140. The number of rotatable bonds is 7. The third-order valence-corrected chi connectivity index (χ3v) is 5.99. The van der Waals surface area contributed by atoms with Crippen LogP contribution in [0.4, 0.5) is 0 Å². The number of hydrogen-bond acceptors (Lipinski definition) is 5. The molecule has 2 aromatic carbocycles. The lowest BCUT2D eigenvalue weighted by Crippen LogP contribution is -2.31. The number of aryl methyl sites for hydroxylation is 1. The lowest BCUT2D eigenvalue weighted by Gasteiger charge is -2.26. The molecule has 1 N–H and O–H groups in total. The number of amides is 1. The van der Waals surface area contributed by atoms with E-state index in [2.05, 4.69) is 20.9 Å². The molecule has 3 aromatic rings. The number of ketones is 1. The first-order valence-electron chi connectivity index (χ1n) is 10.1. The summed E-state index contributed by atoms with van der Waals surface area (Å²) >= 11 is 3.37. The second-order valence-electron chi connectivity index (χ2n) is 7.40. The number of imidazole rings is 1. The number of nitrogens with zero attached hydrogens (tertiary/aromatic N) is 3. The van der Waals surface area contributed by atoms with Gasteiger partial charge in [0.15, 0.2) is 0 Å². The quantitative estimate of drug-likeness (QED) is 0.302. The normalized spacial score (nSPS) is 17.7. The van der Waals surface area contributed by atoms with Crippen LogP contribution >= 0.6 is 15.9 Å². The Hall–Kier alpha value is -3.39. The highest BCUT2D eigenvalue weighted by molar-refractivity contribution is 9.10. The van der Waals surface area contributed by atoms with E-state index in [1.165, 1.54) is 4.90 Å². The molecule has 1 atom stereocenters. The Morgan fingerprint density at radius 1 is 1.12 bits per heavy atom. The molecule has 4 rings (SSSR count). The van der Waals surface area contributed by atoms with E-state index in [9.17, 15) is 14.7 Å². The predicted octanol–water partition coefficient (Wildman–Crippen LogP) is 4.17. The smallest absolute Gasteiger partial charge is 0.295 e. The lowest BCUT2D eigenvalue weighted by atomic mass is 9.94. The highest BCUT2D eigenvalue weighted by Crippen LogP contribution is 2.42. The van der Waals surface area contributed by atoms with Crippen molar-refractivity contribution in [2.75, 3.05) is 13.7 Å². The van der Waals surface area contributed by atoms with Crippen molar-refractivity contribution in [3.8, 4) is 5.75 Å². The molecule has 0 aliphatic carbocycles. The van der Waals surface area contributed by atoms with Crippen molar-refractivity contribution in [3.63, 3.8) is 0 Å². The second-order valence-corrected chi connectivity index (χ2v) is 8.31. The van der Waals surface area contributed by atoms with Crippen molar-refractivity contribution in [2.24, 2.45) is 0 Å². The number of ether oxygens (including phenoxy) is 1. The van der Waals surface area contributed by atoms with Gasteiger partial charge in [0.1, 0.15) is 11.5 Å². The third-order valence-electron chi connectivity index (χ3n) is 5.47. The third kappa shape index (κ3) is 4.18. The zero-order chi connectivity index (χ0) is 22.7.